The summed E-state index contributed by atoms with van der Waals surface area (Å²) < 4.78 is 0. The van der Waals surface area contributed by atoms with Crippen LogP contribution in [0.3, 0.4) is 0 Å². The van der Waals surface area contributed by atoms with Gasteiger partial charge in [-0.1, -0.05) is 0 Å². The Morgan fingerprint density at radius 2 is 1.89 bits per heavy atom. The highest BCUT2D eigenvalue weighted by molar-refractivity contribution is 5.78. The second kappa shape index (κ2) is 7.10. The van der Waals surface area contributed by atoms with Crippen LogP contribution in [-0.4, -0.2) is 60.5 Å². The molecule has 0 aromatic heterocycles. The predicted octanol–water partition coefficient (Wildman–Crippen LogP) is 1.32. The SMILES string of the molecule is CC(C)N(C(=O)CN(C)CC1CCCN1)C(C)C. The molecule has 0 bridgehead atoms. The first-order valence-electron chi connectivity index (χ1n) is 7.15. The lowest BCUT2D eigenvalue weighted by atomic mass is 10.2. The van der Waals surface area contributed by atoms with Gasteiger partial charge < -0.3 is 10.2 Å². The van der Waals surface area contributed by atoms with E-state index in [1.54, 1.807) is 0 Å². The molecule has 18 heavy (non-hydrogen) atoms. The van der Waals surface area contributed by atoms with Crippen molar-refractivity contribution < 1.29 is 4.79 Å². The molecular weight excluding hydrogens is 226 g/mol. The van der Waals surface area contributed by atoms with Crippen molar-refractivity contribution in [3.05, 3.63) is 0 Å². The maximum atomic E-state index is 12.3. The standard InChI is InChI=1S/C14H29N3O/c1-11(2)17(12(3)4)14(18)10-16(5)9-13-7-6-8-15-13/h11-13,15H,6-10H2,1-5H3. The number of carbonyl (C=O) groups excluding carboxylic acids is 1. The number of amides is 1. The Bertz CT molecular complexity index is 252. The highest BCUT2D eigenvalue weighted by atomic mass is 16.2. The minimum Gasteiger partial charge on any atom is -0.337 e. The first kappa shape index (κ1) is 15.4. The number of hydrogen-bond acceptors (Lipinski definition) is 3. The van der Waals surface area contributed by atoms with E-state index in [-0.39, 0.29) is 18.0 Å². The number of rotatable bonds is 6. The molecule has 0 saturated carbocycles. The van der Waals surface area contributed by atoms with Crippen molar-refractivity contribution in [1.29, 1.82) is 0 Å². The zero-order valence-electron chi connectivity index (χ0n) is 12.6. The molecule has 0 aromatic rings. The van der Waals surface area contributed by atoms with Crippen molar-refractivity contribution in [2.45, 2.75) is 58.7 Å². The Labute approximate surface area is 112 Å². The summed E-state index contributed by atoms with van der Waals surface area (Å²) in [4.78, 5) is 16.4. The van der Waals surface area contributed by atoms with Gasteiger partial charge in [0.2, 0.25) is 5.91 Å². The van der Waals surface area contributed by atoms with Gasteiger partial charge in [-0.15, -0.1) is 0 Å². The van der Waals surface area contributed by atoms with E-state index in [2.05, 4.69) is 37.9 Å². The van der Waals surface area contributed by atoms with Gasteiger partial charge in [-0.05, 0) is 54.1 Å². The van der Waals surface area contributed by atoms with Crippen LogP contribution in [0.5, 0.6) is 0 Å². The first-order chi connectivity index (χ1) is 8.41. The Hall–Kier alpha value is -0.610. The summed E-state index contributed by atoms with van der Waals surface area (Å²) in [7, 11) is 2.04. The Kier molecular flexibility index (Phi) is 6.09. The molecule has 1 amide bonds. The fraction of sp³-hybridized carbons (Fsp3) is 0.929. The molecule has 106 valence electrons. The monoisotopic (exact) mass is 255 g/mol. The summed E-state index contributed by atoms with van der Waals surface area (Å²) in [6.07, 6.45) is 2.49. The number of nitrogens with one attached hydrogen (secondary N) is 1. The van der Waals surface area contributed by atoms with Crippen molar-refractivity contribution in [3.63, 3.8) is 0 Å². The summed E-state index contributed by atoms with van der Waals surface area (Å²) in [5.41, 5.74) is 0. The minimum absolute atomic E-state index is 0.237. The average Bonchev–Trinajstić information content (AvgIpc) is 2.67. The van der Waals surface area contributed by atoms with E-state index in [9.17, 15) is 4.79 Å². The van der Waals surface area contributed by atoms with E-state index in [0.717, 1.165) is 13.1 Å². The van der Waals surface area contributed by atoms with Gasteiger partial charge in [0.1, 0.15) is 0 Å². The fourth-order valence-electron chi connectivity index (χ4n) is 2.84. The van der Waals surface area contributed by atoms with Gasteiger partial charge >= 0.3 is 0 Å². The van der Waals surface area contributed by atoms with Crippen LogP contribution < -0.4 is 5.32 Å². The van der Waals surface area contributed by atoms with Crippen molar-refractivity contribution >= 4 is 5.91 Å². The van der Waals surface area contributed by atoms with Crippen molar-refractivity contribution in [3.8, 4) is 0 Å². The molecule has 0 spiro atoms. The molecule has 1 unspecified atom stereocenters. The van der Waals surface area contributed by atoms with Crippen molar-refractivity contribution in [1.82, 2.24) is 15.1 Å². The van der Waals surface area contributed by atoms with Gasteiger partial charge in [0.15, 0.2) is 0 Å². The highest BCUT2D eigenvalue weighted by Gasteiger charge is 2.22. The lowest BCUT2D eigenvalue weighted by molar-refractivity contribution is -0.135. The molecule has 1 aliphatic heterocycles. The molecule has 1 N–H and O–H groups in total. The van der Waals surface area contributed by atoms with Gasteiger partial charge in [0.25, 0.3) is 0 Å². The molecule has 4 heteroatoms. The van der Waals surface area contributed by atoms with Crippen LogP contribution in [0.25, 0.3) is 0 Å². The molecule has 1 saturated heterocycles. The molecule has 0 aliphatic carbocycles. The minimum atomic E-state index is 0.237. The molecule has 1 fully saturated rings. The second-order valence-electron chi connectivity index (χ2n) is 5.98. The Morgan fingerprint density at radius 1 is 1.28 bits per heavy atom. The third kappa shape index (κ3) is 4.58. The number of carbonyl (C=O) groups is 1. The maximum Gasteiger partial charge on any atom is 0.237 e. The van der Waals surface area contributed by atoms with Crippen LogP contribution >= 0.6 is 0 Å². The second-order valence-corrected chi connectivity index (χ2v) is 5.98. The van der Waals surface area contributed by atoms with Crippen molar-refractivity contribution in [2.24, 2.45) is 0 Å². The topological polar surface area (TPSA) is 35.6 Å². The third-order valence-corrected chi connectivity index (χ3v) is 3.50. The molecule has 1 aliphatic rings. The zero-order chi connectivity index (χ0) is 13.7. The van der Waals surface area contributed by atoms with Crippen LogP contribution in [0.15, 0.2) is 0 Å². The summed E-state index contributed by atoms with van der Waals surface area (Å²) in [6.45, 7) is 10.9. The van der Waals surface area contributed by atoms with E-state index < -0.39 is 0 Å². The van der Waals surface area contributed by atoms with Gasteiger partial charge in [0, 0.05) is 24.7 Å². The molecule has 0 radical (unpaired) electrons. The van der Waals surface area contributed by atoms with Crippen LogP contribution in [0.1, 0.15) is 40.5 Å². The molecule has 1 rings (SSSR count). The first-order valence-corrected chi connectivity index (χ1v) is 7.15. The van der Waals surface area contributed by atoms with E-state index in [1.807, 2.05) is 11.9 Å². The van der Waals surface area contributed by atoms with Gasteiger partial charge in [-0.25, -0.2) is 0 Å². The quantitative estimate of drug-likeness (QED) is 0.777. The number of nitrogens with zero attached hydrogens (tertiary/aromatic N) is 2. The smallest absolute Gasteiger partial charge is 0.237 e. The normalized spacial score (nSPS) is 20.1. The molecule has 0 aromatic carbocycles. The Morgan fingerprint density at radius 3 is 2.33 bits per heavy atom. The molecule has 4 nitrogen and oxygen atoms in total. The summed E-state index contributed by atoms with van der Waals surface area (Å²) in [6, 6.07) is 1.11. The largest absolute Gasteiger partial charge is 0.337 e. The van der Waals surface area contributed by atoms with Crippen LogP contribution in [-0.2, 0) is 4.79 Å². The van der Waals surface area contributed by atoms with Gasteiger partial charge in [-0.3, -0.25) is 9.69 Å². The zero-order valence-corrected chi connectivity index (χ0v) is 12.6. The van der Waals surface area contributed by atoms with Crippen LogP contribution in [0, 0.1) is 0 Å². The summed E-state index contributed by atoms with van der Waals surface area (Å²) >= 11 is 0. The third-order valence-electron chi connectivity index (χ3n) is 3.50. The molecule has 1 heterocycles. The van der Waals surface area contributed by atoms with Crippen molar-refractivity contribution in [2.75, 3.05) is 26.7 Å². The number of hydrogen-bond donors (Lipinski definition) is 1. The van der Waals surface area contributed by atoms with Gasteiger partial charge in [-0.2, -0.15) is 0 Å². The van der Waals surface area contributed by atoms with Crippen LogP contribution in [0.4, 0.5) is 0 Å². The summed E-state index contributed by atoms with van der Waals surface area (Å²) in [5.74, 6) is 0.237. The molecule has 1 atom stereocenters. The predicted molar refractivity (Wildman–Crippen MR) is 75.6 cm³/mol. The lowest BCUT2D eigenvalue weighted by Gasteiger charge is -2.32. The maximum absolute atomic E-state index is 12.3. The average molecular weight is 255 g/mol. The van der Waals surface area contributed by atoms with E-state index >= 15 is 0 Å². The lowest BCUT2D eigenvalue weighted by Crippen LogP contribution is -2.48. The highest BCUT2D eigenvalue weighted by Crippen LogP contribution is 2.08. The number of likely N-dealkylation sites (N-methyl/N-ethyl adjacent to an activating group) is 1. The summed E-state index contributed by atoms with van der Waals surface area (Å²) in [5, 5.41) is 3.47. The van der Waals surface area contributed by atoms with E-state index in [1.165, 1.54) is 12.8 Å². The Balaban J connectivity index is 2.41. The van der Waals surface area contributed by atoms with Gasteiger partial charge in [0.05, 0.1) is 6.54 Å². The van der Waals surface area contributed by atoms with E-state index in [0.29, 0.717) is 12.6 Å². The molecular formula is C14H29N3O. The van der Waals surface area contributed by atoms with E-state index in [4.69, 9.17) is 0 Å². The van der Waals surface area contributed by atoms with Crippen LogP contribution in [0.2, 0.25) is 0 Å². The fourth-order valence-corrected chi connectivity index (χ4v) is 2.84.